The van der Waals surface area contributed by atoms with Gasteiger partial charge < -0.3 is 5.32 Å². The number of halogens is 1. The Bertz CT molecular complexity index is 557. The topological polar surface area (TPSA) is 55.6 Å². The highest BCUT2D eigenvalue weighted by molar-refractivity contribution is 6.31. The largest absolute Gasteiger partial charge is 0.310 e. The van der Waals surface area contributed by atoms with Crippen molar-refractivity contribution < 1.29 is 0 Å². The maximum Gasteiger partial charge on any atom is 0.250 e. The second-order valence-corrected chi connectivity index (χ2v) is 5.23. The number of hydrogen-bond acceptors (Lipinski definition) is 4. The zero-order chi connectivity index (χ0) is 14.0. The molecule has 19 heavy (non-hydrogen) atoms. The van der Waals surface area contributed by atoms with Crippen LogP contribution >= 0.6 is 11.6 Å². The van der Waals surface area contributed by atoms with Crippen LogP contribution in [-0.2, 0) is 6.54 Å². The first kappa shape index (κ1) is 14.0. The lowest BCUT2D eigenvalue weighted by atomic mass is 10.2. The molecule has 2 heterocycles. The summed E-state index contributed by atoms with van der Waals surface area (Å²) in [7, 11) is 0. The van der Waals surface area contributed by atoms with Gasteiger partial charge in [-0.1, -0.05) is 25.4 Å². The molecule has 0 atom stereocenters. The van der Waals surface area contributed by atoms with Crippen molar-refractivity contribution in [1.82, 2.24) is 25.1 Å². The fourth-order valence-corrected chi connectivity index (χ4v) is 1.75. The van der Waals surface area contributed by atoms with Gasteiger partial charge in [0.2, 0.25) is 0 Å². The Morgan fingerprint density at radius 2 is 2.05 bits per heavy atom. The summed E-state index contributed by atoms with van der Waals surface area (Å²) in [6.45, 7) is 8.81. The highest BCUT2D eigenvalue weighted by Crippen LogP contribution is 2.15. The Balaban J connectivity index is 2.23. The van der Waals surface area contributed by atoms with Gasteiger partial charge in [0.05, 0.1) is 16.9 Å². The van der Waals surface area contributed by atoms with Gasteiger partial charge >= 0.3 is 0 Å². The molecule has 1 N–H and O–H groups in total. The Hall–Kier alpha value is -1.46. The molecule has 0 aliphatic carbocycles. The summed E-state index contributed by atoms with van der Waals surface area (Å²) in [5.74, 6) is 0.542. The maximum absolute atomic E-state index is 5.99. The molecular formula is C13H18ClN5. The van der Waals surface area contributed by atoms with Crippen LogP contribution in [0.25, 0.3) is 5.95 Å². The molecule has 0 radical (unpaired) electrons. The summed E-state index contributed by atoms with van der Waals surface area (Å²) in [5.41, 5.74) is 2.81. The molecule has 0 aromatic carbocycles. The summed E-state index contributed by atoms with van der Waals surface area (Å²) in [5, 5.41) is 8.24. The highest BCUT2D eigenvalue weighted by Gasteiger charge is 2.08. The predicted molar refractivity (Wildman–Crippen MR) is 75.6 cm³/mol. The van der Waals surface area contributed by atoms with E-state index in [0.29, 0.717) is 17.0 Å². The van der Waals surface area contributed by atoms with Crippen LogP contribution in [-0.4, -0.2) is 25.8 Å². The lowest BCUT2D eigenvalue weighted by molar-refractivity contribution is 0.584. The minimum Gasteiger partial charge on any atom is -0.310 e. The van der Waals surface area contributed by atoms with E-state index < -0.39 is 0 Å². The minimum absolute atomic E-state index is 0.437. The SMILES string of the molecule is Cc1nn(-c2ncc(CNC(C)C)c(C)n2)cc1Cl. The second-order valence-electron chi connectivity index (χ2n) is 4.82. The van der Waals surface area contributed by atoms with Crippen molar-refractivity contribution in [3.05, 3.63) is 34.4 Å². The average Bonchev–Trinajstić information content (AvgIpc) is 2.68. The van der Waals surface area contributed by atoms with Crippen molar-refractivity contribution in [2.75, 3.05) is 0 Å². The molecule has 0 fully saturated rings. The van der Waals surface area contributed by atoms with Crippen molar-refractivity contribution in [2.45, 2.75) is 40.3 Å². The molecule has 0 spiro atoms. The quantitative estimate of drug-likeness (QED) is 0.934. The van der Waals surface area contributed by atoms with Gasteiger partial charge in [-0.2, -0.15) is 5.10 Å². The normalized spacial score (nSPS) is 11.3. The number of nitrogens with one attached hydrogen (secondary N) is 1. The standard InChI is InChI=1S/C13H18ClN5/c1-8(2)15-5-11-6-16-13(17-9(11)3)19-7-12(14)10(4)18-19/h6-8,15H,5H2,1-4H3. The fraction of sp³-hybridized carbons (Fsp3) is 0.462. The summed E-state index contributed by atoms with van der Waals surface area (Å²) in [6, 6.07) is 0.437. The molecule has 0 amide bonds. The van der Waals surface area contributed by atoms with Crippen LogP contribution in [0.4, 0.5) is 0 Å². The van der Waals surface area contributed by atoms with Gasteiger partial charge in [-0.3, -0.25) is 0 Å². The first-order valence-electron chi connectivity index (χ1n) is 6.25. The number of hydrogen-bond donors (Lipinski definition) is 1. The average molecular weight is 280 g/mol. The molecule has 0 unspecified atom stereocenters. The molecule has 2 aromatic heterocycles. The van der Waals surface area contributed by atoms with Crippen LogP contribution in [0, 0.1) is 13.8 Å². The van der Waals surface area contributed by atoms with E-state index in [0.717, 1.165) is 23.5 Å². The Kier molecular flexibility index (Phi) is 4.17. The molecule has 0 aliphatic heterocycles. The van der Waals surface area contributed by atoms with Crippen LogP contribution < -0.4 is 5.32 Å². The van der Waals surface area contributed by atoms with Gasteiger partial charge in [0.1, 0.15) is 0 Å². The van der Waals surface area contributed by atoms with E-state index in [1.54, 1.807) is 10.9 Å². The van der Waals surface area contributed by atoms with E-state index in [9.17, 15) is 0 Å². The van der Waals surface area contributed by atoms with Crippen LogP contribution in [0.15, 0.2) is 12.4 Å². The third kappa shape index (κ3) is 3.30. The molecule has 0 bridgehead atoms. The molecule has 0 saturated heterocycles. The Labute approximate surface area is 118 Å². The van der Waals surface area contributed by atoms with Gasteiger partial charge in [0.25, 0.3) is 5.95 Å². The summed E-state index contributed by atoms with van der Waals surface area (Å²) < 4.78 is 1.60. The lowest BCUT2D eigenvalue weighted by Crippen LogP contribution is -2.22. The van der Waals surface area contributed by atoms with E-state index in [2.05, 4.69) is 34.2 Å². The molecule has 6 heteroatoms. The number of nitrogens with zero attached hydrogens (tertiary/aromatic N) is 4. The van der Waals surface area contributed by atoms with Gasteiger partial charge in [0.15, 0.2) is 0 Å². The number of rotatable bonds is 4. The van der Waals surface area contributed by atoms with Crippen LogP contribution in [0.5, 0.6) is 0 Å². The monoisotopic (exact) mass is 279 g/mol. The molecule has 0 saturated carbocycles. The van der Waals surface area contributed by atoms with Crippen LogP contribution in [0.1, 0.15) is 30.8 Å². The summed E-state index contributed by atoms with van der Waals surface area (Å²) in [4.78, 5) is 8.80. The zero-order valence-electron chi connectivity index (χ0n) is 11.6. The summed E-state index contributed by atoms with van der Waals surface area (Å²) in [6.07, 6.45) is 3.55. The van der Waals surface area contributed by atoms with E-state index >= 15 is 0 Å². The van der Waals surface area contributed by atoms with Gasteiger partial charge in [-0.15, -0.1) is 0 Å². The molecule has 0 aliphatic rings. The fourth-order valence-electron chi connectivity index (χ4n) is 1.62. The summed E-state index contributed by atoms with van der Waals surface area (Å²) >= 11 is 5.99. The third-order valence-corrected chi connectivity index (χ3v) is 3.18. The molecular weight excluding hydrogens is 262 g/mol. The first-order chi connectivity index (χ1) is 8.97. The Morgan fingerprint density at radius 1 is 1.32 bits per heavy atom. The smallest absolute Gasteiger partial charge is 0.250 e. The second kappa shape index (κ2) is 5.67. The van der Waals surface area contributed by atoms with E-state index in [4.69, 9.17) is 11.6 Å². The third-order valence-electron chi connectivity index (χ3n) is 2.81. The zero-order valence-corrected chi connectivity index (χ0v) is 12.4. The van der Waals surface area contributed by atoms with E-state index in [-0.39, 0.29) is 0 Å². The van der Waals surface area contributed by atoms with Crippen molar-refractivity contribution >= 4 is 11.6 Å². The van der Waals surface area contributed by atoms with Crippen LogP contribution in [0.2, 0.25) is 5.02 Å². The van der Waals surface area contributed by atoms with Crippen LogP contribution in [0.3, 0.4) is 0 Å². The van der Waals surface area contributed by atoms with Gasteiger partial charge in [0, 0.05) is 30.0 Å². The number of aromatic nitrogens is 4. The highest BCUT2D eigenvalue weighted by atomic mass is 35.5. The number of aryl methyl sites for hydroxylation is 2. The minimum atomic E-state index is 0.437. The molecule has 102 valence electrons. The van der Waals surface area contributed by atoms with Crippen molar-refractivity contribution in [3.63, 3.8) is 0 Å². The molecule has 2 aromatic rings. The van der Waals surface area contributed by atoms with Crippen molar-refractivity contribution in [3.8, 4) is 5.95 Å². The van der Waals surface area contributed by atoms with Gasteiger partial charge in [-0.05, 0) is 13.8 Å². The van der Waals surface area contributed by atoms with E-state index in [1.165, 1.54) is 0 Å². The molecule has 5 nitrogen and oxygen atoms in total. The predicted octanol–water partition coefficient (Wildman–Crippen LogP) is 2.43. The van der Waals surface area contributed by atoms with Gasteiger partial charge in [-0.25, -0.2) is 14.6 Å². The first-order valence-corrected chi connectivity index (χ1v) is 6.63. The van der Waals surface area contributed by atoms with Crippen molar-refractivity contribution in [2.24, 2.45) is 0 Å². The molecule has 2 rings (SSSR count). The lowest BCUT2D eigenvalue weighted by Gasteiger charge is -2.10. The van der Waals surface area contributed by atoms with E-state index in [1.807, 2.05) is 20.0 Å². The Morgan fingerprint density at radius 3 is 2.58 bits per heavy atom. The van der Waals surface area contributed by atoms with Crippen molar-refractivity contribution in [1.29, 1.82) is 0 Å². The maximum atomic E-state index is 5.99.